The van der Waals surface area contributed by atoms with E-state index < -0.39 is 6.10 Å². The molecule has 3 heterocycles. The van der Waals surface area contributed by atoms with E-state index in [4.69, 9.17) is 10.7 Å². The number of rotatable bonds is 4. The average Bonchev–Trinajstić information content (AvgIpc) is 3.10. The number of aliphatic hydroxyl groups is 1. The van der Waals surface area contributed by atoms with Crippen LogP contribution in [0.2, 0.25) is 0 Å². The van der Waals surface area contributed by atoms with Crippen LogP contribution in [0.25, 0.3) is 21.6 Å². The number of likely N-dealkylation sites (tertiary alicyclic amines) is 1. The maximum atomic E-state index is 10.9. The van der Waals surface area contributed by atoms with Gasteiger partial charge in [-0.3, -0.25) is 4.90 Å². The van der Waals surface area contributed by atoms with Crippen LogP contribution in [0.5, 0.6) is 0 Å². The van der Waals surface area contributed by atoms with Crippen LogP contribution in [0.4, 0.5) is 5.82 Å². The first-order chi connectivity index (χ1) is 13.4. The normalized spacial score (nSPS) is 21.9. The Balaban J connectivity index is 1.63. The van der Waals surface area contributed by atoms with Crippen molar-refractivity contribution in [3.8, 4) is 11.4 Å². The Morgan fingerprint density at radius 2 is 1.96 bits per heavy atom. The van der Waals surface area contributed by atoms with E-state index in [1.54, 1.807) is 0 Å². The zero-order valence-corrected chi connectivity index (χ0v) is 17.5. The molecule has 2 aromatic heterocycles. The summed E-state index contributed by atoms with van der Waals surface area (Å²) in [7, 11) is 0. The first kappa shape index (κ1) is 19.3. The summed E-state index contributed by atoms with van der Waals surface area (Å²) in [5, 5.41) is 11.7. The minimum Gasteiger partial charge on any atom is -0.386 e. The molecule has 0 spiro atoms. The number of thiophene rings is 1. The number of aromatic nitrogens is 2. The minimum absolute atomic E-state index is 0.468. The van der Waals surface area contributed by atoms with Crippen molar-refractivity contribution in [2.75, 3.05) is 12.3 Å². The van der Waals surface area contributed by atoms with Crippen molar-refractivity contribution in [2.24, 2.45) is 0 Å². The molecule has 1 aliphatic rings. The SMILES string of the molecule is Cc1cccc(-c2nc(N)c3cc([C@H](O)CN4[C@H](C)CCC[C@@H]4C)sc3n2)c1. The smallest absolute Gasteiger partial charge is 0.163 e. The van der Waals surface area contributed by atoms with Crippen molar-refractivity contribution in [1.29, 1.82) is 0 Å². The van der Waals surface area contributed by atoms with Crippen LogP contribution < -0.4 is 5.73 Å². The van der Waals surface area contributed by atoms with Gasteiger partial charge in [0, 0.05) is 29.1 Å². The van der Waals surface area contributed by atoms with Crippen LogP contribution >= 0.6 is 11.3 Å². The molecule has 1 fully saturated rings. The standard InChI is InChI=1S/C22H28N4OS/c1-13-6-4-9-16(10-13)21-24-20(23)17-11-19(28-22(17)25-21)18(27)12-26-14(2)7-5-8-15(26)3/h4,6,9-11,14-15,18,27H,5,7-8,12H2,1-3H3,(H2,23,24,25)/t14-,15+,18-/m1/s1. The third-order valence-corrected chi connectivity index (χ3v) is 6.94. The van der Waals surface area contributed by atoms with Crippen LogP contribution in [-0.2, 0) is 0 Å². The summed E-state index contributed by atoms with van der Waals surface area (Å²) in [5.41, 5.74) is 8.36. The van der Waals surface area contributed by atoms with Gasteiger partial charge in [-0.25, -0.2) is 9.97 Å². The lowest BCUT2D eigenvalue weighted by Crippen LogP contribution is -2.45. The molecule has 0 radical (unpaired) electrons. The van der Waals surface area contributed by atoms with Gasteiger partial charge in [0.2, 0.25) is 0 Å². The van der Waals surface area contributed by atoms with Gasteiger partial charge in [-0.1, -0.05) is 30.2 Å². The van der Waals surface area contributed by atoms with Gasteiger partial charge >= 0.3 is 0 Å². The fourth-order valence-corrected chi connectivity index (χ4v) is 5.18. The number of aryl methyl sites for hydroxylation is 1. The van der Waals surface area contributed by atoms with Gasteiger partial charge in [0.1, 0.15) is 16.8 Å². The van der Waals surface area contributed by atoms with E-state index in [1.165, 1.54) is 30.6 Å². The average molecular weight is 397 g/mol. The molecule has 0 saturated carbocycles. The third kappa shape index (κ3) is 3.77. The summed E-state index contributed by atoms with van der Waals surface area (Å²) in [6.07, 6.45) is 3.12. The fourth-order valence-electron chi connectivity index (χ4n) is 4.16. The molecule has 5 nitrogen and oxygen atoms in total. The minimum atomic E-state index is -0.538. The number of aliphatic hydroxyl groups excluding tert-OH is 1. The Kier molecular flexibility index (Phi) is 5.36. The Hall–Kier alpha value is -2.02. The van der Waals surface area contributed by atoms with Gasteiger partial charge in [0.25, 0.3) is 0 Å². The molecule has 3 atom stereocenters. The van der Waals surface area contributed by atoms with E-state index in [-0.39, 0.29) is 0 Å². The summed E-state index contributed by atoms with van der Waals surface area (Å²) >= 11 is 1.52. The number of anilines is 1. The van der Waals surface area contributed by atoms with E-state index >= 15 is 0 Å². The van der Waals surface area contributed by atoms with Crippen LogP contribution in [0.15, 0.2) is 30.3 Å². The van der Waals surface area contributed by atoms with Crippen molar-refractivity contribution in [3.63, 3.8) is 0 Å². The van der Waals surface area contributed by atoms with E-state index in [1.807, 2.05) is 31.2 Å². The molecule has 6 heteroatoms. The Labute approximate surface area is 170 Å². The quantitative estimate of drug-likeness (QED) is 0.677. The lowest BCUT2D eigenvalue weighted by atomic mass is 9.97. The van der Waals surface area contributed by atoms with Crippen molar-refractivity contribution in [3.05, 3.63) is 40.8 Å². The summed E-state index contributed by atoms with van der Waals surface area (Å²) in [5.74, 6) is 1.10. The van der Waals surface area contributed by atoms with E-state index in [0.29, 0.717) is 30.3 Å². The van der Waals surface area contributed by atoms with Crippen molar-refractivity contribution in [2.45, 2.75) is 58.2 Å². The van der Waals surface area contributed by atoms with Gasteiger partial charge in [-0.15, -0.1) is 11.3 Å². The monoisotopic (exact) mass is 396 g/mol. The predicted molar refractivity (Wildman–Crippen MR) is 116 cm³/mol. The molecule has 0 unspecified atom stereocenters. The van der Waals surface area contributed by atoms with Gasteiger partial charge in [-0.2, -0.15) is 0 Å². The highest BCUT2D eigenvalue weighted by Crippen LogP contribution is 2.34. The zero-order valence-electron chi connectivity index (χ0n) is 16.7. The third-order valence-electron chi connectivity index (χ3n) is 5.81. The summed E-state index contributed by atoms with van der Waals surface area (Å²) < 4.78 is 0. The summed E-state index contributed by atoms with van der Waals surface area (Å²) in [4.78, 5) is 13.4. The summed E-state index contributed by atoms with van der Waals surface area (Å²) in [6.45, 7) is 7.20. The van der Waals surface area contributed by atoms with Crippen LogP contribution in [-0.4, -0.2) is 38.6 Å². The molecule has 1 aromatic carbocycles. The van der Waals surface area contributed by atoms with Crippen LogP contribution in [0.1, 0.15) is 49.7 Å². The lowest BCUT2D eigenvalue weighted by Gasteiger charge is -2.39. The van der Waals surface area contributed by atoms with Crippen molar-refractivity contribution >= 4 is 27.4 Å². The van der Waals surface area contributed by atoms with Crippen molar-refractivity contribution < 1.29 is 5.11 Å². The Bertz CT molecular complexity index is 976. The molecule has 0 amide bonds. The number of nitrogen functional groups attached to an aromatic ring is 1. The second-order valence-electron chi connectivity index (χ2n) is 8.01. The zero-order chi connectivity index (χ0) is 19.8. The first-order valence-corrected chi connectivity index (χ1v) is 10.8. The topological polar surface area (TPSA) is 75.3 Å². The molecule has 0 aliphatic carbocycles. The highest BCUT2D eigenvalue weighted by Gasteiger charge is 2.27. The Morgan fingerprint density at radius 3 is 2.68 bits per heavy atom. The fraction of sp³-hybridized carbons (Fsp3) is 0.455. The number of nitrogens with zero attached hydrogens (tertiary/aromatic N) is 3. The molecule has 3 aromatic rings. The molecule has 28 heavy (non-hydrogen) atoms. The number of benzene rings is 1. The summed E-state index contributed by atoms with van der Waals surface area (Å²) in [6, 6.07) is 11.1. The Morgan fingerprint density at radius 1 is 1.21 bits per heavy atom. The molecule has 4 rings (SSSR count). The van der Waals surface area contributed by atoms with E-state index in [0.717, 1.165) is 26.2 Å². The second-order valence-corrected chi connectivity index (χ2v) is 9.07. The number of fused-ring (bicyclic) bond motifs is 1. The molecular weight excluding hydrogens is 368 g/mol. The number of nitrogens with two attached hydrogens (primary N) is 1. The van der Waals surface area contributed by atoms with E-state index in [2.05, 4.69) is 29.8 Å². The van der Waals surface area contributed by atoms with Gasteiger partial charge in [0.15, 0.2) is 5.82 Å². The van der Waals surface area contributed by atoms with Crippen LogP contribution in [0.3, 0.4) is 0 Å². The maximum absolute atomic E-state index is 10.9. The number of piperidine rings is 1. The molecule has 1 saturated heterocycles. The van der Waals surface area contributed by atoms with Gasteiger partial charge in [0.05, 0.1) is 5.39 Å². The molecule has 148 valence electrons. The second kappa shape index (κ2) is 7.78. The maximum Gasteiger partial charge on any atom is 0.163 e. The van der Waals surface area contributed by atoms with E-state index in [9.17, 15) is 5.11 Å². The molecule has 1 aliphatic heterocycles. The highest BCUT2D eigenvalue weighted by molar-refractivity contribution is 7.18. The van der Waals surface area contributed by atoms with Gasteiger partial charge < -0.3 is 10.8 Å². The number of hydrogen-bond donors (Lipinski definition) is 2. The number of β-amino-alcohol motifs (C(OH)–C–C–N with tert-alkyl or cyclic N) is 1. The first-order valence-electron chi connectivity index (χ1n) is 10.00. The lowest BCUT2D eigenvalue weighted by molar-refractivity contribution is 0.0426. The highest BCUT2D eigenvalue weighted by atomic mass is 32.1. The van der Waals surface area contributed by atoms with Crippen LogP contribution in [0, 0.1) is 6.92 Å². The van der Waals surface area contributed by atoms with Gasteiger partial charge in [-0.05, 0) is 45.7 Å². The molecule has 3 N–H and O–H groups in total. The predicted octanol–water partition coefficient (Wildman–Crippen LogP) is 4.55. The molecular formula is C22H28N4OS. The largest absolute Gasteiger partial charge is 0.386 e. The molecule has 0 bridgehead atoms. The number of hydrogen-bond acceptors (Lipinski definition) is 6. The van der Waals surface area contributed by atoms with Crippen molar-refractivity contribution in [1.82, 2.24) is 14.9 Å².